The third-order valence-electron chi connectivity index (χ3n) is 3.74. The predicted molar refractivity (Wildman–Crippen MR) is 106 cm³/mol. The highest BCUT2D eigenvalue weighted by Crippen LogP contribution is 2.36. The topological polar surface area (TPSA) is 83.8 Å². The average molecular weight is 404 g/mol. The zero-order valence-electron chi connectivity index (χ0n) is 13.4. The van der Waals surface area contributed by atoms with Crippen molar-refractivity contribution in [3.05, 3.63) is 51.7 Å². The summed E-state index contributed by atoms with van der Waals surface area (Å²) in [6.07, 6.45) is 1.49. The number of fused-ring (bicyclic) bond motifs is 3. The molecule has 2 N–H and O–H groups in total. The van der Waals surface area contributed by atoms with Crippen LogP contribution in [0.25, 0.3) is 21.1 Å². The second-order valence-corrected chi connectivity index (χ2v) is 7.17. The Labute approximate surface area is 162 Å². The molecule has 0 aliphatic heterocycles. The van der Waals surface area contributed by atoms with Crippen molar-refractivity contribution in [2.45, 2.75) is 0 Å². The van der Waals surface area contributed by atoms with Crippen LogP contribution in [0.4, 0.5) is 11.5 Å². The van der Waals surface area contributed by atoms with Crippen molar-refractivity contribution in [1.29, 1.82) is 5.41 Å². The summed E-state index contributed by atoms with van der Waals surface area (Å²) in [6.45, 7) is 0. The molecule has 0 unspecified atom stereocenters. The first-order valence-electron chi connectivity index (χ1n) is 7.46. The van der Waals surface area contributed by atoms with Gasteiger partial charge >= 0.3 is 0 Å². The summed E-state index contributed by atoms with van der Waals surface area (Å²) in [7, 11) is 1.45. The highest BCUT2D eigenvalue weighted by Gasteiger charge is 2.16. The van der Waals surface area contributed by atoms with E-state index in [2.05, 4.69) is 20.3 Å². The Hall–Kier alpha value is -2.48. The standard InChI is InChI=1S/C17H11Cl2N5OS/c1-25-15(20)17-24-12-5-4-11-13(14(12)26-17)16(22-7-21-11)23-10-3-2-8(18)6-9(10)19/h2-7,20H,1H3,(H,21,22,23). The van der Waals surface area contributed by atoms with E-state index in [1.807, 2.05) is 12.1 Å². The third-order valence-corrected chi connectivity index (χ3v) is 5.37. The zero-order chi connectivity index (χ0) is 18.3. The van der Waals surface area contributed by atoms with Crippen LogP contribution in [-0.4, -0.2) is 28.0 Å². The molecule has 0 amide bonds. The Morgan fingerprint density at radius 1 is 1.15 bits per heavy atom. The lowest BCUT2D eigenvalue weighted by Crippen LogP contribution is -1.99. The minimum absolute atomic E-state index is 0.0199. The van der Waals surface area contributed by atoms with Gasteiger partial charge in [-0.15, -0.1) is 11.3 Å². The SMILES string of the molecule is COC(=N)c1nc2ccc3ncnc(Nc4ccc(Cl)cc4Cl)c3c2s1. The molecule has 0 saturated carbocycles. The molecule has 0 radical (unpaired) electrons. The molecule has 130 valence electrons. The normalized spacial score (nSPS) is 11.0. The molecular formula is C17H11Cl2N5OS. The van der Waals surface area contributed by atoms with Crippen molar-refractivity contribution in [2.24, 2.45) is 0 Å². The number of nitrogens with one attached hydrogen (secondary N) is 2. The van der Waals surface area contributed by atoms with Crippen LogP contribution in [-0.2, 0) is 4.74 Å². The number of anilines is 2. The highest BCUT2D eigenvalue weighted by atomic mass is 35.5. The van der Waals surface area contributed by atoms with Crippen molar-refractivity contribution in [1.82, 2.24) is 15.0 Å². The lowest BCUT2D eigenvalue weighted by atomic mass is 10.2. The number of halogens is 2. The number of hydrogen-bond donors (Lipinski definition) is 2. The molecule has 0 saturated heterocycles. The van der Waals surface area contributed by atoms with Gasteiger partial charge in [0.2, 0.25) is 5.90 Å². The monoisotopic (exact) mass is 403 g/mol. The fourth-order valence-electron chi connectivity index (χ4n) is 2.53. The van der Waals surface area contributed by atoms with Crippen LogP contribution >= 0.6 is 34.5 Å². The largest absolute Gasteiger partial charge is 0.479 e. The summed E-state index contributed by atoms with van der Waals surface area (Å²) in [4.78, 5) is 13.2. The molecule has 2 aromatic heterocycles. The van der Waals surface area contributed by atoms with E-state index in [0.29, 0.717) is 26.6 Å². The van der Waals surface area contributed by atoms with E-state index in [1.54, 1.807) is 18.2 Å². The smallest absolute Gasteiger partial charge is 0.242 e. The van der Waals surface area contributed by atoms with Crippen molar-refractivity contribution in [3.63, 3.8) is 0 Å². The van der Waals surface area contributed by atoms with Crippen LogP contribution in [0.3, 0.4) is 0 Å². The van der Waals surface area contributed by atoms with E-state index in [-0.39, 0.29) is 5.90 Å². The van der Waals surface area contributed by atoms with Gasteiger partial charge < -0.3 is 10.1 Å². The van der Waals surface area contributed by atoms with Crippen molar-refractivity contribution in [3.8, 4) is 0 Å². The lowest BCUT2D eigenvalue weighted by molar-refractivity contribution is 0.401. The fraction of sp³-hybridized carbons (Fsp3) is 0.0588. The van der Waals surface area contributed by atoms with Crippen LogP contribution in [0.5, 0.6) is 0 Å². The molecule has 4 rings (SSSR count). The summed E-state index contributed by atoms with van der Waals surface area (Å²) in [5.74, 6) is 0.621. The number of hydrogen-bond acceptors (Lipinski definition) is 7. The minimum Gasteiger partial charge on any atom is -0.479 e. The Morgan fingerprint density at radius 2 is 1.96 bits per heavy atom. The first kappa shape index (κ1) is 17.0. The maximum Gasteiger partial charge on any atom is 0.242 e. The molecule has 2 heterocycles. The highest BCUT2D eigenvalue weighted by molar-refractivity contribution is 7.21. The van der Waals surface area contributed by atoms with Gasteiger partial charge in [0.1, 0.15) is 12.1 Å². The number of ether oxygens (including phenoxy) is 1. The number of methoxy groups -OCH3 is 1. The van der Waals surface area contributed by atoms with Gasteiger partial charge in [0.25, 0.3) is 0 Å². The molecule has 0 atom stereocenters. The molecule has 6 nitrogen and oxygen atoms in total. The van der Waals surface area contributed by atoms with Gasteiger partial charge in [-0.1, -0.05) is 23.2 Å². The molecular weight excluding hydrogens is 393 g/mol. The molecule has 0 bridgehead atoms. The average Bonchev–Trinajstić information content (AvgIpc) is 3.08. The summed E-state index contributed by atoms with van der Waals surface area (Å²) in [6, 6.07) is 8.94. The summed E-state index contributed by atoms with van der Waals surface area (Å²) in [5.41, 5.74) is 2.20. The Morgan fingerprint density at radius 3 is 2.73 bits per heavy atom. The Bertz CT molecular complexity index is 1160. The van der Waals surface area contributed by atoms with Crippen LogP contribution in [0.1, 0.15) is 5.01 Å². The Kier molecular flexibility index (Phi) is 4.36. The van der Waals surface area contributed by atoms with Crippen LogP contribution in [0.2, 0.25) is 10.0 Å². The van der Waals surface area contributed by atoms with E-state index in [0.717, 1.165) is 21.1 Å². The molecule has 9 heteroatoms. The Balaban J connectivity index is 1.91. The zero-order valence-corrected chi connectivity index (χ0v) is 15.7. The first-order valence-corrected chi connectivity index (χ1v) is 9.03. The molecule has 4 aromatic rings. The van der Waals surface area contributed by atoms with Gasteiger partial charge in [-0.25, -0.2) is 15.0 Å². The quantitative estimate of drug-likeness (QED) is 0.359. The molecule has 0 aliphatic carbocycles. The van der Waals surface area contributed by atoms with E-state index in [4.69, 9.17) is 33.3 Å². The molecule has 26 heavy (non-hydrogen) atoms. The van der Waals surface area contributed by atoms with Gasteiger partial charge in [-0.3, -0.25) is 5.41 Å². The number of aromatic nitrogens is 3. The van der Waals surface area contributed by atoms with Gasteiger partial charge in [-0.2, -0.15) is 0 Å². The lowest BCUT2D eigenvalue weighted by Gasteiger charge is -2.10. The number of nitrogens with zero attached hydrogens (tertiary/aromatic N) is 3. The van der Waals surface area contributed by atoms with E-state index >= 15 is 0 Å². The van der Waals surface area contributed by atoms with Gasteiger partial charge in [0, 0.05) is 5.02 Å². The maximum absolute atomic E-state index is 7.85. The van der Waals surface area contributed by atoms with E-state index in [1.165, 1.54) is 24.8 Å². The van der Waals surface area contributed by atoms with Gasteiger partial charge in [0.15, 0.2) is 5.01 Å². The van der Waals surface area contributed by atoms with Crippen LogP contribution in [0.15, 0.2) is 36.7 Å². The van der Waals surface area contributed by atoms with Gasteiger partial charge in [-0.05, 0) is 30.3 Å². The minimum atomic E-state index is 0.0199. The maximum atomic E-state index is 7.85. The summed E-state index contributed by atoms with van der Waals surface area (Å²) < 4.78 is 5.85. The summed E-state index contributed by atoms with van der Waals surface area (Å²) in [5, 5.41) is 13.4. The fourth-order valence-corrected chi connectivity index (χ4v) is 4.02. The van der Waals surface area contributed by atoms with Gasteiger partial charge in [0.05, 0.1) is 38.9 Å². The van der Waals surface area contributed by atoms with Crippen molar-refractivity contribution >= 4 is 73.1 Å². The molecule has 0 aliphatic rings. The van der Waals surface area contributed by atoms with E-state index in [9.17, 15) is 0 Å². The van der Waals surface area contributed by atoms with E-state index < -0.39 is 0 Å². The second-order valence-electron chi connectivity index (χ2n) is 5.33. The van der Waals surface area contributed by atoms with Crippen molar-refractivity contribution in [2.75, 3.05) is 12.4 Å². The first-order chi connectivity index (χ1) is 12.6. The number of rotatable bonds is 3. The molecule has 0 fully saturated rings. The van der Waals surface area contributed by atoms with Crippen LogP contribution in [0, 0.1) is 5.41 Å². The predicted octanol–water partition coefficient (Wildman–Crippen LogP) is 5.26. The van der Waals surface area contributed by atoms with Crippen molar-refractivity contribution < 1.29 is 4.74 Å². The molecule has 2 aromatic carbocycles. The number of benzene rings is 2. The third kappa shape index (κ3) is 2.94. The molecule has 0 spiro atoms. The second kappa shape index (κ2) is 6.68. The number of thiazole rings is 1. The summed E-state index contributed by atoms with van der Waals surface area (Å²) >= 11 is 13.6. The van der Waals surface area contributed by atoms with Crippen LogP contribution < -0.4 is 5.32 Å².